The Bertz CT molecular complexity index is 924. The van der Waals surface area contributed by atoms with E-state index in [0.29, 0.717) is 17.4 Å². The molecule has 25 heavy (non-hydrogen) atoms. The molecule has 2 heterocycles. The van der Waals surface area contributed by atoms with Gasteiger partial charge in [-0.2, -0.15) is 5.10 Å². The highest BCUT2D eigenvalue weighted by molar-refractivity contribution is 6.05. The molecule has 1 N–H and O–H groups in total. The molecule has 0 atom stereocenters. The smallest absolute Gasteiger partial charge is 0.259 e. The minimum Gasteiger partial charge on any atom is -0.322 e. The molecule has 128 valence electrons. The summed E-state index contributed by atoms with van der Waals surface area (Å²) in [6.07, 6.45) is 5.77. The molecule has 5 nitrogen and oxygen atoms in total. The van der Waals surface area contributed by atoms with Crippen LogP contribution in [0.5, 0.6) is 0 Å². The van der Waals surface area contributed by atoms with E-state index >= 15 is 0 Å². The van der Waals surface area contributed by atoms with E-state index in [1.165, 1.54) is 0 Å². The lowest BCUT2D eigenvalue weighted by molar-refractivity contribution is 0.102. The topological polar surface area (TPSA) is 59.8 Å². The number of rotatable bonds is 5. The molecule has 1 aliphatic rings. The molecule has 3 aromatic rings. The van der Waals surface area contributed by atoms with E-state index in [1.54, 1.807) is 12.4 Å². The van der Waals surface area contributed by atoms with E-state index in [1.807, 2.05) is 35.0 Å². The van der Waals surface area contributed by atoms with Gasteiger partial charge in [-0.25, -0.2) is 0 Å². The van der Waals surface area contributed by atoms with Crippen molar-refractivity contribution in [2.24, 2.45) is 5.92 Å². The lowest BCUT2D eigenvalue weighted by Gasteiger charge is -2.11. The van der Waals surface area contributed by atoms with Gasteiger partial charge in [0.15, 0.2) is 0 Å². The van der Waals surface area contributed by atoms with Crippen LogP contribution in [0.4, 0.5) is 5.69 Å². The zero-order chi connectivity index (χ0) is 17.4. The van der Waals surface area contributed by atoms with Crippen LogP contribution in [-0.4, -0.2) is 20.7 Å². The Balaban J connectivity index is 1.61. The monoisotopic (exact) mass is 334 g/mol. The van der Waals surface area contributed by atoms with Crippen molar-refractivity contribution in [1.82, 2.24) is 14.8 Å². The molecule has 0 aliphatic heterocycles. The first-order valence-electron chi connectivity index (χ1n) is 8.83. The van der Waals surface area contributed by atoms with Crippen molar-refractivity contribution >= 4 is 22.5 Å². The average molecular weight is 334 g/mol. The molecular weight excluding hydrogens is 312 g/mol. The number of anilines is 1. The number of aromatic nitrogens is 3. The highest BCUT2D eigenvalue weighted by atomic mass is 16.1. The van der Waals surface area contributed by atoms with Crippen molar-refractivity contribution in [3.05, 3.63) is 54.0 Å². The fourth-order valence-electron chi connectivity index (χ4n) is 3.20. The van der Waals surface area contributed by atoms with Gasteiger partial charge in [0.25, 0.3) is 5.91 Å². The number of fused-ring (bicyclic) bond motifs is 1. The van der Waals surface area contributed by atoms with Crippen LogP contribution in [0.15, 0.2) is 42.7 Å². The van der Waals surface area contributed by atoms with E-state index < -0.39 is 0 Å². The fourth-order valence-corrected chi connectivity index (χ4v) is 3.20. The van der Waals surface area contributed by atoms with Crippen LogP contribution in [0.3, 0.4) is 0 Å². The SMILES string of the molecule is CC(C)Cn1ncc(C(=O)Nc2ccc3ncccc3c2)c1C1CC1. The van der Waals surface area contributed by atoms with Gasteiger partial charge in [-0.15, -0.1) is 0 Å². The summed E-state index contributed by atoms with van der Waals surface area (Å²) in [5.41, 5.74) is 3.50. The summed E-state index contributed by atoms with van der Waals surface area (Å²) in [4.78, 5) is 17.1. The number of nitrogens with one attached hydrogen (secondary N) is 1. The number of carbonyl (C=O) groups is 1. The maximum atomic E-state index is 12.8. The third-order valence-electron chi connectivity index (χ3n) is 4.49. The van der Waals surface area contributed by atoms with E-state index in [9.17, 15) is 4.79 Å². The molecule has 0 bridgehead atoms. The molecule has 1 aromatic carbocycles. The van der Waals surface area contributed by atoms with Crippen LogP contribution in [0.25, 0.3) is 10.9 Å². The first-order chi connectivity index (χ1) is 12.1. The first kappa shape index (κ1) is 15.8. The fraction of sp³-hybridized carbons (Fsp3) is 0.350. The van der Waals surface area contributed by atoms with Gasteiger partial charge in [-0.05, 0) is 43.0 Å². The number of nitrogens with zero attached hydrogens (tertiary/aromatic N) is 3. The molecule has 1 aliphatic carbocycles. The number of amides is 1. The summed E-state index contributed by atoms with van der Waals surface area (Å²) in [6.45, 7) is 5.18. The maximum Gasteiger partial charge on any atom is 0.259 e. The highest BCUT2D eigenvalue weighted by Crippen LogP contribution is 2.42. The van der Waals surface area contributed by atoms with Crippen LogP contribution in [-0.2, 0) is 6.54 Å². The van der Waals surface area contributed by atoms with E-state index in [-0.39, 0.29) is 5.91 Å². The summed E-state index contributed by atoms with van der Waals surface area (Å²) < 4.78 is 2.02. The van der Waals surface area contributed by atoms with Crippen LogP contribution in [0, 0.1) is 5.92 Å². The van der Waals surface area contributed by atoms with Gasteiger partial charge in [0.05, 0.1) is 23.0 Å². The van der Waals surface area contributed by atoms with Crippen LogP contribution in [0.2, 0.25) is 0 Å². The predicted octanol–water partition coefficient (Wildman–Crippen LogP) is 4.22. The number of hydrogen-bond acceptors (Lipinski definition) is 3. The van der Waals surface area contributed by atoms with E-state index in [2.05, 4.69) is 29.2 Å². The third-order valence-corrected chi connectivity index (χ3v) is 4.49. The van der Waals surface area contributed by atoms with E-state index in [4.69, 9.17) is 0 Å². The van der Waals surface area contributed by atoms with Crippen molar-refractivity contribution in [3.63, 3.8) is 0 Å². The van der Waals surface area contributed by atoms with Crippen molar-refractivity contribution < 1.29 is 4.79 Å². The molecule has 1 fully saturated rings. The van der Waals surface area contributed by atoms with Gasteiger partial charge < -0.3 is 5.32 Å². The van der Waals surface area contributed by atoms with Gasteiger partial charge in [-0.3, -0.25) is 14.5 Å². The molecule has 1 amide bonds. The number of pyridine rings is 1. The van der Waals surface area contributed by atoms with Crippen molar-refractivity contribution in [1.29, 1.82) is 0 Å². The zero-order valence-corrected chi connectivity index (χ0v) is 14.6. The van der Waals surface area contributed by atoms with Gasteiger partial charge >= 0.3 is 0 Å². The molecule has 0 saturated heterocycles. The zero-order valence-electron chi connectivity index (χ0n) is 14.6. The summed E-state index contributed by atoms with van der Waals surface area (Å²) in [5.74, 6) is 0.893. The molecular formula is C20H22N4O. The summed E-state index contributed by atoms with van der Waals surface area (Å²) >= 11 is 0. The molecule has 5 heteroatoms. The van der Waals surface area contributed by atoms with Crippen molar-refractivity contribution in [2.75, 3.05) is 5.32 Å². The second kappa shape index (κ2) is 6.31. The lowest BCUT2D eigenvalue weighted by atomic mass is 10.1. The molecule has 4 rings (SSSR count). The Morgan fingerprint density at radius 2 is 2.16 bits per heavy atom. The Morgan fingerprint density at radius 1 is 1.32 bits per heavy atom. The third kappa shape index (κ3) is 3.27. The standard InChI is InChI=1S/C20H22N4O/c1-13(2)12-24-19(14-5-6-14)17(11-22-24)20(25)23-16-7-8-18-15(10-16)4-3-9-21-18/h3-4,7-11,13-14H,5-6,12H2,1-2H3,(H,23,25). The summed E-state index contributed by atoms with van der Waals surface area (Å²) in [7, 11) is 0. The van der Waals surface area contributed by atoms with Crippen molar-refractivity contribution in [2.45, 2.75) is 39.2 Å². The van der Waals surface area contributed by atoms with Crippen LogP contribution < -0.4 is 5.32 Å². The Morgan fingerprint density at radius 3 is 2.92 bits per heavy atom. The number of hydrogen-bond donors (Lipinski definition) is 1. The molecule has 2 aromatic heterocycles. The second-order valence-electron chi connectivity index (χ2n) is 7.16. The highest BCUT2D eigenvalue weighted by Gasteiger charge is 2.32. The molecule has 1 saturated carbocycles. The van der Waals surface area contributed by atoms with Gasteiger partial charge in [0, 0.05) is 29.7 Å². The van der Waals surface area contributed by atoms with Crippen LogP contribution >= 0.6 is 0 Å². The average Bonchev–Trinajstić information content (AvgIpc) is 3.35. The number of benzene rings is 1. The summed E-state index contributed by atoms with van der Waals surface area (Å²) in [5, 5.41) is 8.51. The Kier molecular flexibility index (Phi) is 3.99. The Hall–Kier alpha value is -2.69. The lowest BCUT2D eigenvalue weighted by Crippen LogP contribution is -2.15. The van der Waals surface area contributed by atoms with Gasteiger partial charge in [0.2, 0.25) is 0 Å². The first-order valence-corrected chi connectivity index (χ1v) is 8.83. The van der Waals surface area contributed by atoms with Gasteiger partial charge in [-0.1, -0.05) is 19.9 Å². The molecule has 0 radical (unpaired) electrons. The minimum atomic E-state index is -0.0832. The molecule has 0 unspecified atom stereocenters. The van der Waals surface area contributed by atoms with Crippen LogP contribution in [0.1, 0.15) is 48.7 Å². The van der Waals surface area contributed by atoms with Gasteiger partial charge in [0.1, 0.15) is 0 Å². The predicted molar refractivity (Wildman–Crippen MR) is 98.7 cm³/mol. The quantitative estimate of drug-likeness (QED) is 0.760. The Labute approximate surface area is 147 Å². The minimum absolute atomic E-state index is 0.0832. The van der Waals surface area contributed by atoms with Crippen molar-refractivity contribution in [3.8, 4) is 0 Å². The maximum absolute atomic E-state index is 12.8. The largest absolute Gasteiger partial charge is 0.322 e. The summed E-state index contributed by atoms with van der Waals surface area (Å²) in [6, 6.07) is 9.66. The van der Waals surface area contributed by atoms with E-state index in [0.717, 1.165) is 41.7 Å². The normalized spacial score (nSPS) is 14.2. The number of carbonyl (C=O) groups excluding carboxylic acids is 1. The second-order valence-corrected chi connectivity index (χ2v) is 7.16. The molecule has 0 spiro atoms.